The molecule has 0 atom stereocenters. The minimum absolute atomic E-state index is 0.0980. The highest BCUT2D eigenvalue weighted by Crippen LogP contribution is 2.29. The van der Waals surface area contributed by atoms with Crippen molar-refractivity contribution in [3.63, 3.8) is 0 Å². The van der Waals surface area contributed by atoms with Crippen molar-refractivity contribution < 1.29 is 22.8 Å². The SMILES string of the molecule is NC(=O)c1ncn2c(C(=O)NCc3cccc(C(F)(F)F)c3)cc(-c3ccccc3)nc12. The quantitative estimate of drug-likeness (QED) is 0.497. The molecule has 2 amide bonds. The van der Waals surface area contributed by atoms with Crippen LogP contribution in [0.5, 0.6) is 0 Å². The van der Waals surface area contributed by atoms with E-state index >= 15 is 0 Å². The number of nitrogens with two attached hydrogens (primary N) is 1. The van der Waals surface area contributed by atoms with E-state index < -0.39 is 23.6 Å². The zero-order chi connectivity index (χ0) is 22.9. The number of nitrogens with zero attached hydrogens (tertiary/aromatic N) is 3. The van der Waals surface area contributed by atoms with Gasteiger partial charge in [0.2, 0.25) is 0 Å². The van der Waals surface area contributed by atoms with Gasteiger partial charge in [-0.3, -0.25) is 14.0 Å². The Balaban J connectivity index is 1.70. The van der Waals surface area contributed by atoms with E-state index in [-0.39, 0.29) is 29.1 Å². The molecule has 0 unspecified atom stereocenters. The minimum Gasteiger partial charge on any atom is -0.364 e. The molecule has 162 valence electrons. The molecule has 2 heterocycles. The topological polar surface area (TPSA) is 102 Å². The maximum absolute atomic E-state index is 13.0. The Morgan fingerprint density at radius 1 is 1.03 bits per heavy atom. The molecule has 0 radical (unpaired) electrons. The number of benzene rings is 2. The molecule has 2 aromatic carbocycles. The number of amides is 2. The first-order valence-corrected chi connectivity index (χ1v) is 9.41. The van der Waals surface area contributed by atoms with E-state index in [9.17, 15) is 22.8 Å². The summed E-state index contributed by atoms with van der Waals surface area (Å²) in [5.41, 5.74) is 6.05. The molecule has 0 saturated carbocycles. The lowest BCUT2D eigenvalue weighted by Gasteiger charge is -2.11. The Hall–Kier alpha value is -4.21. The molecule has 10 heteroatoms. The van der Waals surface area contributed by atoms with E-state index in [1.165, 1.54) is 28.9 Å². The summed E-state index contributed by atoms with van der Waals surface area (Å²) in [6.45, 7) is -0.134. The summed E-state index contributed by atoms with van der Waals surface area (Å²) in [6, 6.07) is 15.2. The van der Waals surface area contributed by atoms with Gasteiger partial charge in [-0.2, -0.15) is 13.2 Å². The molecule has 3 N–H and O–H groups in total. The van der Waals surface area contributed by atoms with E-state index in [2.05, 4.69) is 15.3 Å². The number of primary amides is 1. The Labute approximate surface area is 179 Å². The smallest absolute Gasteiger partial charge is 0.364 e. The fraction of sp³-hybridized carbons (Fsp3) is 0.0909. The summed E-state index contributed by atoms with van der Waals surface area (Å²) < 4.78 is 40.1. The van der Waals surface area contributed by atoms with Gasteiger partial charge in [0.25, 0.3) is 11.8 Å². The molecule has 4 aromatic rings. The van der Waals surface area contributed by atoms with E-state index in [4.69, 9.17) is 5.73 Å². The van der Waals surface area contributed by atoms with Gasteiger partial charge < -0.3 is 11.1 Å². The second-order valence-corrected chi connectivity index (χ2v) is 6.92. The zero-order valence-electron chi connectivity index (χ0n) is 16.4. The Bertz CT molecular complexity index is 1320. The number of imidazole rings is 1. The lowest BCUT2D eigenvalue weighted by atomic mass is 10.1. The lowest BCUT2D eigenvalue weighted by molar-refractivity contribution is -0.137. The number of carbonyl (C=O) groups excluding carboxylic acids is 2. The van der Waals surface area contributed by atoms with E-state index in [1.54, 1.807) is 24.3 Å². The first kappa shape index (κ1) is 21.0. The normalized spacial score (nSPS) is 11.5. The van der Waals surface area contributed by atoms with Gasteiger partial charge in [-0.25, -0.2) is 9.97 Å². The van der Waals surface area contributed by atoms with Crippen molar-refractivity contribution in [3.05, 3.63) is 89.5 Å². The van der Waals surface area contributed by atoms with Crippen molar-refractivity contribution >= 4 is 17.5 Å². The van der Waals surface area contributed by atoms with Crippen molar-refractivity contribution in [3.8, 4) is 11.3 Å². The summed E-state index contributed by atoms with van der Waals surface area (Å²) in [5.74, 6) is -1.39. The van der Waals surface area contributed by atoms with Crippen LogP contribution in [0.1, 0.15) is 32.1 Å². The van der Waals surface area contributed by atoms with Crippen LogP contribution in [0.4, 0.5) is 13.2 Å². The first-order valence-electron chi connectivity index (χ1n) is 9.41. The summed E-state index contributed by atoms with van der Waals surface area (Å²) in [6.07, 6.45) is -3.24. The molecule has 4 rings (SSSR count). The summed E-state index contributed by atoms with van der Waals surface area (Å²) in [7, 11) is 0. The van der Waals surface area contributed by atoms with E-state index in [1.807, 2.05) is 6.07 Å². The molecule has 0 aliphatic rings. The summed E-state index contributed by atoms with van der Waals surface area (Å²) in [5, 5.41) is 2.60. The molecule has 0 saturated heterocycles. The number of hydrogen-bond donors (Lipinski definition) is 2. The van der Waals surface area contributed by atoms with Gasteiger partial charge in [-0.05, 0) is 23.8 Å². The Morgan fingerprint density at radius 3 is 2.47 bits per heavy atom. The number of halogens is 3. The maximum atomic E-state index is 13.0. The number of rotatable bonds is 5. The number of nitrogens with one attached hydrogen (secondary N) is 1. The van der Waals surface area contributed by atoms with Gasteiger partial charge in [0, 0.05) is 12.1 Å². The predicted molar refractivity (Wildman–Crippen MR) is 110 cm³/mol. The molecule has 0 bridgehead atoms. The van der Waals surface area contributed by atoms with Crippen LogP contribution in [-0.4, -0.2) is 26.2 Å². The van der Waals surface area contributed by atoms with Crippen LogP contribution >= 0.6 is 0 Å². The number of carbonyl (C=O) groups is 2. The van der Waals surface area contributed by atoms with Gasteiger partial charge in [0.05, 0.1) is 11.3 Å². The van der Waals surface area contributed by atoms with Gasteiger partial charge in [0.1, 0.15) is 12.0 Å². The second-order valence-electron chi connectivity index (χ2n) is 6.92. The van der Waals surface area contributed by atoms with E-state index in [0.29, 0.717) is 11.3 Å². The second kappa shape index (κ2) is 8.14. The predicted octanol–water partition coefficient (Wildman–Crippen LogP) is 3.44. The van der Waals surface area contributed by atoms with Crippen molar-refractivity contribution in [2.45, 2.75) is 12.7 Å². The highest BCUT2D eigenvalue weighted by atomic mass is 19.4. The number of hydrogen-bond acceptors (Lipinski definition) is 4. The van der Waals surface area contributed by atoms with Crippen molar-refractivity contribution in [2.24, 2.45) is 5.73 Å². The third-order valence-corrected chi connectivity index (χ3v) is 4.74. The first-order chi connectivity index (χ1) is 15.2. The van der Waals surface area contributed by atoms with Crippen LogP contribution in [0.25, 0.3) is 16.9 Å². The Morgan fingerprint density at radius 2 is 1.78 bits per heavy atom. The van der Waals surface area contributed by atoms with Gasteiger partial charge in [-0.15, -0.1) is 0 Å². The molecule has 32 heavy (non-hydrogen) atoms. The van der Waals surface area contributed by atoms with Crippen LogP contribution in [0.15, 0.2) is 67.0 Å². The number of fused-ring (bicyclic) bond motifs is 1. The third kappa shape index (κ3) is 4.15. The van der Waals surface area contributed by atoms with Crippen LogP contribution < -0.4 is 11.1 Å². The monoisotopic (exact) mass is 439 g/mol. The van der Waals surface area contributed by atoms with Crippen LogP contribution in [-0.2, 0) is 12.7 Å². The van der Waals surface area contributed by atoms with Crippen LogP contribution in [0.3, 0.4) is 0 Å². The molecule has 0 spiro atoms. The van der Waals surface area contributed by atoms with Gasteiger partial charge in [-0.1, -0.05) is 42.5 Å². The lowest BCUT2D eigenvalue weighted by Crippen LogP contribution is -2.25. The van der Waals surface area contributed by atoms with E-state index in [0.717, 1.165) is 12.1 Å². The standard InChI is InChI=1S/C22H16F3N5O2/c23-22(24,25)15-8-4-5-13(9-15)11-27-21(32)17-10-16(14-6-2-1-3-7-14)29-20-18(19(26)31)28-12-30(17)20/h1-10,12H,11H2,(H2,26,31)(H,27,32). The average molecular weight is 439 g/mol. The molecule has 0 aliphatic carbocycles. The fourth-order valence-electron chi connectivity index (χ4n) is 3.21. The highest BCUT2D eigenvalue weighted by molar-refractivity contribution is 5.99. The number of alkyl halides is 3. The third-order valence-electron chi connectivity index (χ3n) is 4.74. The fourth-order valence-corrected chi connectivity index (χ4v) is 3.21. The molecule has 2 aromatic heterocycles. The summed E-state index contributed by atoms with van der Waals surface area (Å²) in [4.78, 5) is 33.1. The molecular weight excluding hydrogens is 423 g/mol. The number of aromatic nitrogens is 3. The van der Waals surface area contributed by atoms with Crippen LogP contribution in [0.2, 0.25) is 0 Å². The van der Waals surface area contributed by atoms with Crippen molar-refractivity contribution in [1.82, 2.24) is 19.7 Å². The average Bonchev–Trinajstić information content (AvgIpc) is 3.21. The molecular formula is C22H16F3N5O2. The highest BCUT2D eigenvalue weighted by Gasteiger charge is 2.30. The van der Waals surface area contributed by atoms with Crippen LogP contribution in [0, 0.1) is 0 Å². The van der Waals surface area contributed by atoms with Gasteiger partial charge in [0.15, 0.2) is 11.3 Å². The molecule has 0 aliphatic heterocycles. The molecule has 7 nitrogen and oxygen atoms in total. The van der Waals surface area contributed by atoms with Crippen molar-refractivity contribution in [2.75, 3.05) is 0 Å². The molecule has 0 fully saturated rings. The van der Waals surface area contributed by atoms with Crippen molar-refractivity contribution in [1.29, 1.82) is 0 Å². The maximum Gasteiger partial charge on any atom is 0.416 e. The minimum atomic E-state index is -4.48. The largest absolute Gasteiger partial charge is 0.416 e. The van der Waals surface area contributed by atoms with Gasteiger partial charge >= 0.3 is 6.18 Å². The Kier molecular flexibility index (Phi) is 5.35. The zero-order valence-corrected chi connectivity index (χ0v) is 16.4. The summed E-state index contributed by atoms with van der Waals surface area (Å²) >= 11 is 0.